The first-order valence-corrected chi connectivity index (χ1v) is 7.40. The molecule has 4 nitrogen and oxygen atoms in total. The molecule has 1 heterocycles. The van der Waals surface area contributed by atoms with Crippen molar-refractivity contribution in [2.45, 2.75) is 25.5 Å². The van der Waals surface area contributed by atoms with Crippen LogP contribution in [-0.2, 0) is 15.6 Å². The van der Waals surface area contributed by atoms with Gasteiger partial charge in [-0.15, -0.1) is 11.3 Å². The van der Waals surface area contributed by atoms with E-state index in [1.165, 1.54) is 11.3 Å². The minimum absolute atomic E-state index is 0.0726. The van der Waals surface area contributed by atoms with Crippen molar-refractivity contribution in [3.63, 3.8) is 0 Å². The van der Waals surface area contributed by atoms with Crippen molar-refractivity contribution >= 4 is 21.2 Å². The molecule has 0 amide bonds. The maximum absolute atomic E-state index is 11.4. The van der Waals surface area contributed by atoms with Crippen molar-refractivity contribution in [1.82, 2.24) is 4.98 Å². The SMILES string of the molecule is CC(C)c1nc(CS(=O)(=O)CCO)cs1. The summed E-state index contributed by atoms with van der Waals surface area (Å²) in [6.07, 6.45) is 0. The summed E-state index contributed by atoms with van der Waals surface area (Å²) in [5.74, 6) is 0.0579. The van der Waals surface area contributed by atoms with E-state index in [0.717, 1.165) is 5.01 Å². The Morgan fingerprint density at radius 1 is 1.53 bits per heavy atom. The highest BCUT2D eigenvalue weighted by atomic mass is 32.2. The average molecular weight is 249 g/mol. The van der Waals surface area contributed by atoms with E-state index < -0.39 is 9.84 Å². The molecule has 1 rings (SSSR count). The lowest BCUT2D eigenvalue weighted by atomic mass is 10.2. The number of aliphatic hydroxyl groups is 1. The van der Waals surface area contributed by atoms with Gasteiger partial charge in [-0.05, 0) is 0 Å². The third-order valence-electron chi connectivity index (χ3n) is 1.83. The van der Waals surface area contributed by atoms with Gasteiger partial charge < -0.3 is 5.11 Å². The Bertz CT molecular complexity index is 409. The van der Waals surface area contributed by atoms with Crippen LogP contribution in [0.3, 0.4) is 0 Å². The molecule has 0 aliphatic rings. The highest BCUT2D eigenvalue weighted by Crippen LogP contribution is 2.20. The standard InChI is InChI=1S/C9H15NO3S2/c1-7(2)9-10-8(5-14-9)6-15(12,13)4-3-11/h5,7,11H,3-4,6H2,1-2H3. The Morgan fingerprint density at radius 2 is 2.20 bits per heavy atom. The summed E-state index contributed by atoms with van der Waals surface area (Å²) in [7, 11) is -3.20. The molecule has 0 atom stereocenters. The van der Waals surface area contributed by atoms with Crippen LogP contribution in [-0.4, -0.2) is 30.9 Å². The van der Waals surface area contributed by atoms with Crippen molar-refractivity contribution in [3.8, 4) is 0 Å². The van der Waals surface area contributed by atoms with Crippen LogP contribution in [0.25, 0.3) is 0 Å². The molecule has 0 bridgehead atoms. The second-order valence-electron chi connectivity index (χ2n) is 3.65. The fourth-order valence-electron chi connectivity index (χ4n) is 1.09. The molecule has 0 saturated carbocycles. The zero-order chi connectivity index (χ0) is 11.5. The maximum atomic E-state index is 11.4. The van der Waals surface area contributed by atoms with Gasteiger partial charge in [0.05, 0.1) is 28.8 Å². The van der Waals surface area contributed by atoms with Gasteiger partial charge in [-0.25, -0.2) is 13.4 Å². The van der Waals surface area contributed by atoms with Crippen LogP contribution in [0.15, 0.2) is 5.38 Å². The topological polar surface area (TPSA) is 67.3 Å². The quantitative estimate of drug-likeness (QED) is 0.850. The van der Waals surface area contributed by atoms with Gasteiger partial charge in [-0.1, -0.05) is 13.8 Å². The van der Waals surface area contributed by atoms with Crippen molar-refractivity contribution in [1.29, 1.82) is 0 Å². The van der Waals surface area contributed by atoms with E-state index >= 15 is 0 Å². The largest absolute Gasteiger partial charge is 0.395 e. The highest BCUT2D eigenvalue weighted by Gasteiger charge is 2.14. The number of sulfone groups is 1. The summed E-state index contributed by atoms with van der Waals surface area (Å²) >= 11 is 1.48. The molecule has 0 aliphatic carbocycles. The van der Waals surface area contributed by atoms with Gasteiger partial charge in [0.1, 0.15) is 0 Å². The first-order chi connectivity index (χ1) is 6.94. The van der Waals surface area contributed by atoms with Crippen LogP contribution in [0.1, 0.15) is 30.5 Å². The van der Waals surface area contributed by atoms with Crippen LogP contribution in [0.5, 0.6) is 0 Å². The fraction of sp³-hybridized carbons (Fsp3) is 0.667. The fourth-order valence-corrected chi connectivity index (χ4v) is 3.05. The van der Waals surface area contributed by atoms with Gasteiger partial charge in [0.15, 0.2) is 9.84 Å². The van der Waals surface area contributed by atoms with Crippen LogP contribution >= 0.6 is 11.3 Å². The second kappa shape index (κ2) is 5.05. The van der Waals surface area contributed by atoms with Crippen LogP contribution in [0.2, 0.25) is 0 Å². The van der Waals surface area contributed by atoms with Gasteiger partial charge in [-0.3, -0.25) is 0 Å². The number of thiazole rings is 1. The van der Waals surface area contributed by atoms with E-state index in [2.05, 4.69) is 4.98 Å². The third kappa shape index (κ3) is 3.89. The van der Waals surface area contributed by atoms with Crippen LogP contribution < -0.4 is 0 Å². The van der Waals surface area contributed by atoms with Crippen molar-refractivity contribution < 1.29 is 13.5 Å². The van der Waals surface area contributed by atoms with Crippen LogP contribution in [0.4, 0.5) is 0 Å². The monoisotopic (exact) mass is 249 g/mol. The van der Waals surface area contributed by atoms with Gasteiger partial charge in [0.25, 0.3) is 0 Å². The van der Waals surface area contributed by atoms with E-state index in [9.17, 15) is 8.42 Å². The lowest BCUT2D eigenvalue weighted by Crippen LogP contribution is -2.12. The molecule has 0 radical (unpaired) electrons. The molecule has 0 unspecified atom stereocenters. The molecule has 1 aromatic heterocycles. The zero-order valence-corrected chi connectivity index (χ0v) is 10.4. The predicted molar refractivity (Wildman–Crippen MR) is 60.8 cm³/mol. The Morgan fingerprint density at radius 3 is 2.67 bits per heavy atom. The molecule has 0 aliphatic heterocycles. The molecule has 6 heteroatoms. The minimum Gasteiger partial charge on any atom is -0.395 e. The average Bonchev–Trinajstić information content (AvgIpc) is 2.51. The Kier molecular flexibility index (Phi) is 4.24. The van der Waals surface area contributed by atoms with E-state index in [1.807, 2.05) is 13.8 Å². The smallest absolute Gasteiger partial charge is 0.158 e. The summed E-state index contributed by atoms with van der Waals surface area (Å²) in [5.41, 5.74) is 0.581. The highest BCUT2D eigenvalue weighted by molar-refractivity contribution is 7.90. The molecule has 86 valence electrons. The molecule has 15 heavy (non-hydrogen) atoms. The van der Waals surface area contributed by atoms with E-state index in [-0.39, 0.29) is 18.1 Å². The zero-order valence-electron chi connectivity index (χ0n) is 8.80. The van der Waals surface area contributed by atoms with E-state index in [4.69, 9.17) is 5.11 Å². The van der Waals surface area contributed by atoms with Crippen molar-refractivity contribution in [2.24, 2.45) is 0 Å². The number of hydrogen-bond donors (Lipinski definition) is 1. The molecule has 0 saturated heterocycles. The van der Waals surface area contributed by atoms with Gasteiger partial charge in [-0.2, -0.15) is 0 Å². The molecule has 1 N–H and O–H groups in total. The summed E-state index contributed by atoms with van der Waals surface area (Å²) in [6, 6.07) is 0. The predicted octanol–water partition coefficient (Wildman–Crippen LogP) is 1.17. The minimum atomic E-state index is -3.20. The maximum Gasteiger partial charge on any atom is 0.158 e. The summed E-state index contributed by atoms with van der Waals surface area (Å²) in [4.78, 5) is 4.23. The van der Waals surface area contributed by atoms with Crippen LogP contribution in [0, 0.1) is 0 Å². The third-order valence-corrected chi connectivity index (χ3v) is 4.57. The number of aliphatic hydroxyl groups excluding tert-OH is 1. The Balaban J connectivity index is 2.73. The summed E-state index contributed by atoms with van der Waals surface area (Å²) in [5, 5.41) is 11.3. The summed E-state index contributed by atoms with van der Waals surface area (Å²) < 4.78 is 22.8. The second-order valence-corrected chi connectivity index (χ2v) is 6.72. The van der Waals surface area contributed by atoms with Gasteiger partial charge >= 0.3 is 0 Å². The lowest BCUT2D eigenvalue weighted by molar-refractivity contribution is 0.319. The number of nitrogens with zero attached hydrogens (tertiary/aromatic N) is 1. The molecule has 0 spiro atoms. The molecule has 0 fully saturated rings. The summed E-state index contributed by atoms with van der Waals surface area (Å²) in [6.45, 7) is 3.71. The van der Waals surface area contributed by atoms with E-state index in [1.54, 1.807) is 5.38 Å². The molecular weight excluding hydrogens is 234 g/mol. The first-order valence-electron chi connectivity index (χ1n) is 4.70. The van der Waals surface area contributed by atoms with Crippen molar-refractivity contribution in [2.75, 3.05) is 12.4 Å². The van der Waals surface area contributed by atoms with Gasteiger partial charge in [0.2, 0.25) is 0 Å². The molecule has 1 aromatic rings. The lowest BCUT2D eigenvalue weighted by Gasteiger charge is -1.99. The first kappa shape index (κ1) is 12.6. The van der Waals surface area contributed by atoms with Gasteiger partial charge in [0, 0.05) is 11.3 Å². The van der Waals surface area contributed by atoms with Crippen molar-refractivity contribution in [3.05, 3.63) is 16.1 Å². The van der Waals surface area contributed by atoms with E-state index in [0.29, 0.717) is 11.6 Å². The normalized spacial score (nSPS) is 12.3. The number of rotatable bonds is 5. The number of hydrogen-bond acceptors (Lipinski definition) is 5. The number of aromatic nitrogens is 1. The Labute approximate surface area is 93.9 Å². The Hall–Kier alpha value is -0.460. The molecular formula is C9H15NO3S2. The molecule has 0 aromatic carbocycles.